The predicted octanol–water partition coefficient (Wildman–Crippen LogP) is 2.19. The Kier molecular flexibility index (Phi) is 5.38. The average Bonchev–Trinajstić information content (AvgIpc) is 2.37. The van der Waals surface area contributed by atoms with Gasteiger partial charge in [-0.05, 0) is 39.8 Å². The number of benzene rings is 1. The van der Waals surface area contributed by atoms with Crippen LogP contribution in [0.2, 0.25) is 0 Å². The Balaban J connectivity index is 2.99. The monoisotopic (exact) mass is 289 g/mol. The smallest absolute Gasteiger partial charge is 0.408 e. The molecule has 0 aliphatic heterocycles. The van der Waals surface area contributed by atoms with E-state index in [1.54, 1.807) is 51.1 Å². The second-order valence-electron chi connectivity index (χ2n) is 5.54. The standard InChI is InChI=1S/C15H19N3O3/c1-10(19)12(17-14(20)21-15(2,3)4)13(18-16)11-8-6-5-7-9-11/h5-9,12H,1-4H3,(H,17,20). The zero-order valence-corrected chi connectivity index (χ0v) is 12.6. The van der Waals surface area contributed by atoms with E-state index in [1.807, 2.05) is 0 Å². The Morgan fingerprint density at radius 2 is 1.81 bits per heavy atom. The van der Waals surface area contributed by atoms with Gasteiger partial charge in [-0.25, -0.2) is 4.79 Å². The summed E-state index contributed by atoms with van der Waals surface area (Å²) < 4.78 is 5.11. The SMILES string of the molecule is CC(=O)C(NC(=O)OC(C)(C)C)C(=[N+]=[N-])c1ccccc1. The van der Waals surface area contributed by atoms with Crippen LogP contribution < -0.4 is 5.32 Å². The first kappa shape index (κ1) is 16.6. The highest BCUT2D eigenvalue weighted by Gasteiger charge is 2.32. The fourth-order valence-electron chi connectivity index (χ4n) is 1.68. The van der Waals surface area contributed by atoms with Crippen molar-refractivity contribution >= 4 is 17.6 Å². The molecule has 0 saturated heterocycles. The molecular weight excluding hydrogens is 270 g/mol. The summed E-state index contributed by atoms with van der Waals surface area (Å²) in [7, 11) is 0. The molecule has 6 nitrogen and oxygen atoms in total. The minimum atomic E-state index is -1.08. The Labute approximate surface area is 123 Å². The predicted molar refractivity (Wildman–Crippen MR) is 78.0 cm³/mol. The zero-order valence-electron chi connectivity index (χ0n) is 12.6. The molecule has 1 aromatic carbocycles. The summed E-state index contributed by atoms with van der Waals surface area (Å²) in [6, 6.07) is 7.56. The topological polar surface area (TPSA) is 91.8 Å². The lowest BCUT2D eigenvalue weighted by atomic mass is 10.0. The molecule has 0 aromatic heterocycles. The molecule has 0 bridgehead atoms. The Hall–Kier alpha value is -2.46. The van der Waals surface area contributed by atoms with E-state index in [0.717, 1.165) is 0 Å². The van der Waals surface area contributed by atoms with Crippen molar-refractivity contribution in [2.45, 2.75) is 39.3 Å². The molecule has 1 aromatic rings. The number of carbonyl (C=O) groups is 2. The molecule has 0 spiro atoms. The van der Waals surface area contributed by atoms with E-state index < -0.39 is 17.7 Å². The normalized spacial score (nSPS) is 12.0. The molecule has 21 heavy (non-hydrogen) atoms. The highest BCUT2D eigenvalue weighted by Crippen LogP contribution is 2.09. The summed E-state index contributed by atoms with van der Waals surface area (Å²) in [5, 5.41) is 2.42. The summed E-state index contributed by atoms with van der Waals surface area (Å²) in [5.41, 5.74) is 9.10. The third kappa shape index (κ3) is 5.20. The molecule has 0 saturated carbocycles. The van der Waals surface area contributed by atoms with E-state index in [0.29, 0.717) is 5.56 Å². The fourth-order valence-corrected chi connectivity index (χ4v) is 1.68. The van der Waals surface area contributed by atoms with Crippen LogP contribution in [0.25, 0.3) is 5.53 Å². The maximum Gasteiger partial charge on any atom is 0.408 e. The number of alkyl carbamates (subject to hydrolysis) is 1. The quantitative estimate of drug-likeness (QED) is 0.523. The van der Waals surface area contributed by atoms with Crippen LogP contribution in [0.3, 0.4) is 0 Å². The third-order valence-corrected chi connectivity index (χ3v) is 2.52. The summed E-state index contributed by atoms with van der Waals surface area (Å²) in [6.45, 7) is 6.45. The van der Waals surface area contributed by atoms with E-state index in [2.05, 4.69) is 10.1 Å². The zero-order chi connectivity index (χ0) is 16.0. The van der Waals surface area contributed by atoms with Gasteiger partial charge < -0.3 is 15.6 Å². The molecule has 1 amide bonds. The fraction of sp³-hybridized carbons (Fsp3) is 0.400. The minimum absolute atomic E-state index is 0.0639. The van der Waals surface area contributed by atoms with Gasteiger partial charge in [-0.2, -0.15) is 4.79 Å². The molecule has 1 N–H and O–H groups in total. The largest absolute Gasteiger partial charge is 0.444 e. The number of nitrogens with one attached hydrogen (secondary N) is 1. The van der Waals surface area contributed by atoms with Gasteiger partial charge in [0.05, 0.1) is 5.56 Å². The van der Waals surface area contributed by atoms with Crippen molar-refractivity contribution < 1.29 is 19.1 Å². The first-order valence-corrected chi connectivity index (χ1v) is 6.52. The number of carbonyl (C=O) groups excluding carboxylic acids is 2. The average molecular weight is 289 g/mol. The number of hydrogen-bond donors (Lipinski definition) is 1. The van der Waals surface area contributed by atoms with Crippen molar-refractivity contribution in [2.24, 2.45) is 0 Å². The van der Waals surface area contributed by atoms with Crippen LogP contribution in [0.1, 0.15) is 33.3 Å². The molecule has 1 atom stereocenters. The van der Waals surface area contributed by atoms with Gasteiger partial charge in [0.1, 0.15) is 5.60 Å². The lowest BCUT2D eigenvalue weighted by Crippen LogP contribution is -2.48. The van der Waals surface area contributed by atoms with Crippen LogP contribution in [0.5, 0.6) is 0 Å². The number of rotatable bonds is 4. The van der Waals surface area contributed by atoms with Gasteiger partial charge in [0.25, 0.3) is 0 Å². The van der Waals surface area contributed by atoms with Crippen molar-refractivity contribution in [3.63, 3.8) is 0 Å². The van der Waals surface area contributed by atoms with E-state index in [-0.39, 0.29) is 11.5 Å². The molecule has 0 aliphatic carbocycles. The van der Waals surface area contributed by atoms with Crippen LogP contribution >= 0.6 is 0 Å². The summed E-state index contributed by atoms with van der Waals surface area (Å²) in [5.74, 6) is -0.363. The third-order valence-electron chi connectivity index (χ3n) is 2.52. The Morgan fingerprint density at radius 3 is 2.24 bits per heavy atom. The summed E-state index contributed by atoms with van der Waals surface area (Å²) in [6.07, 6.45) is -0.750. The van der Waals surface area contributed by atoms with Gasteiger partial charge in [0, 0.05) is 0 Å². The Bertz CT molecular complexity index is 570. The van der Waals surface area contributed by atoms with Gasteiger partial charge in [-0.1, -0.05) is 18.2 Å². The second kappa shape index (κ2) is 6.81. The molecule has 0 fully saturated rings. The van der Waals surface area contributed by atoms with Crippen LogP contribution in [-0.4, -0.2) is 34.0 Å². The molecule has 112 valence electrons. The highest BCUT2D eigenvalue weighted by molar-refractivity contribution is 6.14. The van der Waals surface area contributed by atoms with Gasteiger partial charge in [0.15, 0.2) is 11.8 Å². The van der Waals surface area contributed by atoms with Gasteiger partial charge in [0.2, 0.25) is 0 Å². The van der Waals surface area contributed by atoms with E-state index in [9.17, 15) is 15.1 Å². The number of nitrogens with zero attached hydrogens (tertiary/aromatic N) is 2. The summed E-state index contributed by atoms with van der Waals surface area (Å²) in [4.78, 5) is 26.7. The van der Waals surface area contributed by atoms with Crippen LogP contribution in [0, 0.1) is 0 Å². The number of ether oxygens (including phenoxy) is 1. The number of amides is 1. The lowest BCUT2D eigenvalue weighted by molar-refractivity contribution is -0.118. The van der Waals surface area contributed by atoms with Gasteiger partial charge in [-0.3, -0.25) is 4.79 Å². The van der Waals surface area contributed by atoms with E-state index in [4.69, 9.17) is 4.74 Å². The molecule has 0 heterocycles. The maximum atomic E-state index is 11.8. The Morgan fingerprint density at radius 1 is 1.24 bits per heavy atom. The molecular formula is C15H19N3O3. The first-order chi connectivity index (χ1) is 9.74. The molecule has 1 rings (SSSR count). The molecule has 6 heteroatoms. The van der Waals surface area contributed by atoms with Crippen molar-refractivity contribution in [3.05, 3.63) is 41.4 Å². The van der Waals surface area contributed by atoms with Crippen LogP contribution in [0.4, 0.5) is 4.79 Å². The second-order valence-corrected chi connectivity index (χ2v) is 5.54. The van der Waals surface area contributed by atoms with Crippen molar-refractivity contribution in [2.75, 3.05) is 0 Å². The van der Waals surface area contributed by atoms with Crippen LogP contribution in [-0.2, 0) is 9.53 Å². The van der Waals surface area contributed by atoms with E-state index in [1.165, 1.54) is 6.92 Å². The van der Waals surface area contributed by atoms with Crippen LogP contribution in [0.15, 0.2) is 30.3 Å². The molecule has 0 aliphatic rings. The number of ketones is 1. The highest BCUT2D eigenvalue weighted by atomic mass is 16.6. The first-order valence-electron chi connectivity index (χ1n) is 6.52. The number of hydrogen-bond acceptors (Lipinski definition) is 3. The summed E-state index contributed by atoms with van der Waals surface area (Å²) >= 11 is 0. The van der Waals surface area contributed by atoms with Gasteiger partial charge >= 0.3 is 11.8 Å². The minimum Gasteiger partial charge on any atom is -0.444 e. The van der Waals surface area contributed by atoms with Crippen molar-refractivity contribution in [1.82, 2.24) is 5.32 Å². The van der Waals surface area contributed by atoms with Crippen molar-refractivity contribution in [3.8, 4) is 0 Å². The number of Topliss-reactive ketones (excluding diaryl/α,β-unsaturated/α-hetero) is 1. The molecule has 0 radical (unpaired) electrons. The molecule has 1 unspecified atom stereocenters. The van der Waals surface area contributed by atoms with Crippen molar-refractivity contribution in [1.29, 1.82) is 0 Å². The van der Waals surface area contributed by atoms with E-state index >= 15 is 0 Å². The van der Waals surface area contributed by atoms with Gasteiger partial charge in [-0.15, -0.1) is 0 Å². The maximum absolute atomic E-state index is 11.8. The lowest BCUT2D eigenvalue weighted by Gasteiger charge is -2.21.